The average molecular weight is 708 g/mol. The van der Waals surface area contributed by atoms with Crippen LogP contribution in [0, 0.1) is 0 Å². The first kappa shape index (κ1) is 34.8. The third-order valence-corrected chi connectivity index (χ3v) is 8.21. The van der Waals surface area contributed by atoms with E-state index in [1.165, 1.54) is 21.1 Å². The molecule has 1 aromatic heterocycles. The lowest BCUT2D eigenvalue weighted by Gasteiger charge is -2.22. The first-order valence-corrected chi connectivity index (χ1v) is 15.2. The van der Waals surface area contributed by atoms with E-state index < -0.39 is 29.2 Å². The van der Waals surface area contributed by atoms with Gasteiger partial charge in [0.2, 0.25) is 5.91 Å². The molecule has 0 unspecified atom stereocenters. The van der Waals surface area contributed by atoms with Crippen LogP contribution in [0.15, 0.2) is 95.8 Å². The highest BCUT2D eigenvalue weighted by atomic mass is 35.5. The third kappa shape index (κ3) is 8.11. The summed E-state index contributed by atoms with van der Waals surface area (Å²) in [6.45, 7) is 1.48. The van der Waals surface area contributed by atoms with E-state index in [-0.39, 0.29) is 54.3 Å². The Morgan fingerprint density at radius 3 is 1.85 bits per heavy atom. The second-order valence-electron chi connectivity index (χ2n) is 11.0. The Bertz CT molecular complexity index is 1960. The smallest absolute Gasteiger partial charge is 0.281 e. The standard InChI is InChI=1S/C34H26Cl2F6N4O2/c1-21(47)46(28-12-13-29(35)30(36)18-28)27-10-7-23(8-11-27)20-45-32(48)44(19-22-5-3-2-4-6-22)31(43-45)14-9-24-15-25(33(37,38)39)17-26(16-24)34(40,41)42/h2-8,10-13,15-18H,9,14,19-20H2,1H3. The van der Waals surface area contributed by atoms with Crippen molar-refractivity contribution in [2.24, 2.45) is 0 Å². The average Bonchev–Trinajstić information content (AvgIpc) is 3.31. The van der Waals surface area contributed by atoms with Gasteiger partial charge in [0, 0.05) is 19.0 Å². The molecule has 250 valence electrons. The topological polar surface area (TPSA) is 60.1 Å². The highest BCUT2D eigenvalue weighted by Crippen LogP contribution is 2.37. The molecular formula is C34H26Cl2F6N4O2. The Hall–Kier alpha value is -4.55. The number of hydrogen-bond donors (Lipinski definition) is 0. The number of carbonyl (C=O) groups excluding carboxylic acids is 1. The van der Waals surface area contributed by atoms with E-state index in [0.29, 0.717) is 34.1 Å². The minimum Gasteiger partial charge on any atom is -0.281 e. The highest BCUT2D eigenvalue weighted by molar-refractivity contribution is 6.42. The number of hydrogen-bond acceptors (Lipinski definition) is 3. The molecule has 5 aromatic rings. The normalized spacial score (nSPS) is 11.9. The Morgan fingerprint density at radius 2 is 1.29 bits per heavy atom. The molecule has 5 rings (SSSR count). The molecule has 0 bridgehead atoms. The van der Waals surface area contributed by atoms with Gasteiger partial charge in [-0.2, -0.15) is 31.4 Å². The Labute approximate surface area is 280 Å². The van der Waals surface area contributed by atoms with Crippen molar-refractivity contribution in [2.75, 3.05) is 4.90 Å². The molecule has 0 atom stereocenters. The van der Waals surface area contributed by atoms with Crippen molar-refractivity contribution in [3.05, 3.63) is 145 Å². The number of benzene rings is 4. The maximum atomic E-state index is 13.6. The number of aryl methyl sites for hydroxylation is 2. The summed E-state index contributed by atoms with van der Waals surface area (Å²) in [5.74, 6) is -0.0985. The van der Waals surface area contributed by atoms with Crippen LogP contribution in [0.4, 0.5) is 37.7 Å². The summed E-state index contributed by atoms with van der Waals surface area (Å²) in [5, 5.41) is 5.04. The molecule has 0 N–H and O–H groups in total. The van der Waals surface area contributed by atoms with Crippen LogP contribution in [0.3, 0.4) is 0 Å². The maximum absolute atomic E-state index is 13.6. The summed E-state index contributed by atoms with van der Waals surface area (Å²) in [7, 11) is 0. The first-order valence-electron chi connectivity index (χ1n) is 14.4. The number of rotatable bonds is 9. The van der Waals surface area contributed by atoms with Crippen molar-refractivity contribution < 1.29 is 31.1 Å². The van der Waals surface area contributed by atoms with Crippen LogP contribution in [-0.4, -0.2) is 20.3 Å². The first-order chi connectivity index (χ1) is 22.6. The minimum atomic E-state index is -4.98. The molecule has 0 spiro atoms. The van der Waals surface area contributed by atoms with Crippen LogP contribution in [0.5, 0.6) is 0 Å². The van der Waals surface area contributed by atoms with E-state index in [4.69, 9.17) is 23.2 Å². The van der Waals surface area contributed by atoms with Crippen molar-refractivity contribution >= 4 is 40.5 Å². The predicted octanol–water partition coefficient (Wildman–Crippen LogP) is 8.96. The molecule has 6 nitrogen and oxygen atoms in total. The molecule has 4 aromatic carbocycles. The Kier molecular flexibility index (Phi) is 10.1. The van der Waals surface area contributed by atoms with Gasteiger partial charge in [-0.05, 0) is 71.6 Å². The third-order valence-electron chi connectivity index (χ3n) is 7.47. The lowest BCUT2D eigenvalue weighted by molar-refractivity contribution is -0.143. The van der Waals surface area contributed by atoms with Crippen LogP contribution in [0.1, 0.15) is 40.6 Å². The lowest BCUT2D eigenvalue weighted by atomic mass is 10.0. The fourth-order valence-corrected chi connectivity index (χ4v) is 5.47. The van der Waals surface area contributed by atoms with Crippen molar-refractivity contribution in [3.63, 3.8) is 0 Å². The Balaban J connectivity index is 1.44. The summed E-state index contributed by atoms with van der Waals surface area (Å²) in [5.41, 5.74) is -1.13. The van der Waals surface area contributed by atoms with Crippen LogP contribution in [-0.2, 0) is 43.1 Å². The van der Waals surface area contributed by atoms with Crippen molar-refractivity contribution in [3.8, 4) is 0 Å². The number of halogens is 8. The number of anilines is 2. The van der Waals surface area contributed by atoms with Crippen LogP contribution >= 0.6 is 23.2 Å². The van der Waals surface area contributed by atoms with Gasteiger partial charge in [-0.3, -0.25) is 14.3 Å². The zero-order chi connectivity index (χ0) is 34.8. The van der Waals surface area contributed by atoms with Crippen molar-refractivity contribution in [2.45, 2.75) is 45.2 Å². The van der Waals surface area contributed by atoms with Gasteiger partial charge in [0.25, 0.3) is 0 Å². The molecule has 0 fully saturated rings. The molecule has 0 saturated carbocycles. The van der Waals surface area contributed by atoms with E-state index in [9.17, 15) is 35.9 Å². The Morgan fingerprint density at radius 1 is 0.708 bits per heavy atom. The molecule has 1 amide bonds. The quantitative estimate of drug-likeness (QED) is 0.144. The van der Waals surface area contributed by atoms with Crippen LogP contribution in [0.2, 0.25) is 10.0 Å². The lowest BCUT2D eigenvalue weighted by Crippen LogP contribution is -2.26. The van der Waals surface area contributed by atoms with Gasteiger partial charge >= 0.3 is 18.0 Å². The molecule has 0 radical (unpaired) electrons. The van der Waals surface area contributed by atoms with Gasteiger partial charge in [-0.1, -0.05) is 65.7 Å². The van der Waals surface area contributed by atoms with E-state index in [2.05, 4.69) is 5.10 Å². The SMILES string of the molecule is CC(=O)N(c1ccc(Cn2nc(CCc3cc(C(F)(F)F)cc(C(F)(F)F)c3)n(Cc3ccccc3)c2=O)cc1)c1ccc(Cl)c(Cl)c1. The summed E-state index contributed by atoms with van der Waals surface area (Å²) in [6, 6.07) is 21.9. The van der Waals surface area contributed by atoms with Gasteiger partial charge in [-0.25, -0.2) is 9.48 Å². The fraction of sp³-hybridized carbons (Fsp3) is 0.206. The van der Waals surface area contributed by atoms with Crippen molar-refractivity contribution in [1.29, 1.82) is 0 Å². The monoisotopic (exact) mass is 706 g/mol. The van der Waals surface area contributed by atoms with Gasteiger partial charge in [-0.15, -0.1) is 0 Å². The van der Waals surface area contributed by atoms with Gasteiger partial charge < -0.3 is 0 Å². The summed E-state index contributed by atoms with van der Waals surface area (Å²) < 4.78 is 83.2. The number of nitrogens with zero attached hydrogens (tertiary/aromatic N) is 4. The molecule has 48 heavy (non-hydrogen) atoms. The largest absolute Gasteiger partial charge is 0.416 e. The molecule has 0 aliphatic carbocycles. The van der Waals surface area contributed by atoms with E-state index in [1.54, 1.807) is 72.8 Å². The predicted molar refractivity (Wildman–Crippen MR) is 171 cm³/mol. The molecule has 0 aliphatic rings. The molecule has 14 heteroatoms. The number of carbonyl (C=O) groups is 1. The molecular weight excluding hydrogens is 681 g/mol. The number of amides is 1. The van der Waals surface area contributed by atoms with E-state index in [1.807, 2.05) is 0 Å². The van der Waals surface area contributed by atoms with Gasteiger partial charge in [0.15, 0.2) is 0 Å². The highest BCUT2D eigenvalue weighted by Gasteiger charge is 2.37. The fourth-order valence-electron chi connectivity index (χ4n) is 5.18. The molecule has 0 aliphatic heterocycles. The summed E-state index contributed by atoms with van der Waals surface area (Å²) >= 11 is 12.2. The van der Waals surface area contributed by atoms with Crippen molar-refractivity contribution in [1.82, 2.24) is 14.3 Å². The molecule has 1 heterocycles. The zero-order valence-electron chi connectivity index (χ0n) is 25.1. The van der Waals surface area contributed by atoms with Gasteiger partial charge in [0.1, 0.15) is 5.82 Å². The van der Waals surface area contributed by atoms with E-state index >= 15 is 0 Å². The van der Waals surface area contributed by atoms with Crippen LogP contribution < -0.4 is 10.6 Å². The summed E-state index contributed by atoms with van der Waals surface area (Å²) in [4.78, 5) is 27.5. The minimum absolute atomic E-state index is 0.00251. The van der Waals surface area contributed by atoms with Crippen LogP contribution in [0.25, 0.3) is 0 Å². The second-order valence-corrected chi connectivity index (χ2v) is 11.8. The molecule has 0 saturated heterocycles. The number of alkyl halides is 6. The summed E-state index contributed by atoms with van der Waals surface area (Å²) in [6.07, 6.45) is -10.3. The zero-order valence-corrected chi connectivity index (χ0v) is 26.6. The second kappa shape index (κ2) is 13.9. The maximum Gasteiger partial charge on any atom is 0.416 e. The van der Waals surface area contributed by atoms with Gasteiger partial charge in [0.05, 0.1) is 39.9 Å². The van der Waals surface area contributed by atoms with E-state index in [0.717, 1.165) is 5.56 Å². The number of aromatic nitrogens is 3.